The standard InChI is InChI=1S/C5H9.C3H8N.Sn/c1-2-4-5-3-1;1-4(2)3;/h1H,2-5H2;1H2,2-3H3;. The van der Waals surface area contributed by atoms with E-state index in [0.29, 0.717) is 0 Å². The molecule has 0 bridgehead atoms. The van der Waals surface area contributed by atoms with Crippen LogP contribution in [0, 0.1) is 0 Å². The van der Waals surface area contributed by atoms with Crippen molar-refractivity contribution in [1.29, 1.82) is 0 Å². The van der Waals surface area contributed by atoms with Crippen LogP contribution in [0.5, 0.6) is 0 Å². The van der Waals surface area contributed by atoms with Crippen molar-refractivity contribution in [3.05, 3.63) is 0 Å². The summed E-state index contributed by atoms with van der Waals surface area (Å²) in [7, 11) is 4.41. The summed E-state index contributed by atoms with van der Waals surface area (Å²) in [4.78, 5) is 2.37. The van der Waals surface area contributed by atoms with Crippen LogP contribution >= 0.6 is 0 Å². The fourth-order valence-electron chi connectivity index (χ4n) is 1.44. The van der Waals surface area contributed by atoms with Crippen molar-refractivity contribution >= 4 is 21.1 Å². The van der Waals surface area contributed by atoms with Gasteiger partial charge in [-0.2, -0.15) is 0 Å². The van der Waals surface area contributed by atoms with Crippen LogP contribution in [0.3, 0.4) is 0 Å². The second-order valence-electron chi connectivity index (χ2n) is 3.42. The van der Waals surface area contributed by atoms with Crippen LogP contribution in [0.15, 0.2) is 0 Å². The molecule has 1 saturated carbocycles. The van der Waals surface area contributed by atoms with Crippen LogP contribution in [0.1, 0.15) is 25.7 Å². The Kier molecular flexibility index (Phi) is 4.07. The summed E-state index contributed by atoms with van der Waals surface area (Å²) in [6.07, 6.45) is 6.19. The molecule has 0 amide bonds. The summed E-state index contributed by atoms with van der Waals surface area (Å²) in [6, 6.07) is 0. The van der Waals surface area contributed by atoms with E-state index >= 15 is 0 Å². The summed E-state index contributed by atoms with van der Waals surface area (Å²) in [6.45, 7) is 0. The van der Waals surface area contributed by atoms with Crippen LogP contribution in [0.2, 0.25) is 3.93 Å². The third-order valence-corrected chi connectivity index (χ3v) is 7.67. The van der Waals surface area contributed by atoms with Gasteiger partial charge in [0, 0.05) is 0 Å². The number of rotatable bonds is 3. The monoisotopic (exact) mass is 247 g/mol. The Morgan fingerprint density at radius 2 is 1.90 bits per heavy atom. The summed E-state index contributed by atoms with van der Waals surface area (Å²) in [5.74, 6) is 0. The van der Waals surface area contributed by atoms with Gasteiger partial charge in [0.15, 0.2) is 0 Å². The maximum atomic E-state index is 2.37. The van der Waals surface area contributed by atoms with Crippen molar-refractivity contribution in [3.8, 4) is 0 Å². The first-order valence-corrected chi connectivity index (χ1v) is 7.84. The van der Waals surface area contributed by atoms with Gasteiger partial charge in [-0.15, -0.1) is 0 Å². The Hall–Kier alpha value is 0.759. The number of hydrogen-bond acceptors (Lipinski definition) is 1. The molecule has 1 fully saturated rings. The molecule has 0 aromatic rings. The van der Waals surface area contributed by atoms with Gasteiger partial charge < -0.3 is 0 Å². The first-order chi connectivity index (χ1) is 4.79. The van der Waals surface area contributed by atoms with E-state index in [1.54, 1.807) is 12.8 Å². The molecule has 58 valence electrons. The van der Waals surface area contributed by atoms with Crippen LogP contribution in [-0.2, 0) is 0 Å². The number of nitrogens with zero attached hydrogens (tertiary/aromatic N) is 1. The molecule has 1 rings (SSSR count). The van der Waals surface area contributed by atoms with Gasteiger partial charge in [0.2, 0.25) is 0 Å². The van der Waals surface area contributed by atoms with E-state index < -0.39 is 0 Å². The van der Waals surface area contributed by atoms with Crippen LogP contribution in [-0.4, -0.2) is 44.7 Å². The molecular weight excluding hydrogens is 229 g/mol. The molecule has 0 aliphatic heterocycles. The Labute approximate surface area is 74.4 Å². The molecular formula is C8H17NSn. The van der Waals surface area contributed by atoms with Crippen molar-refractivity contribution in [3.63, 3.8) is 0 Å². The van der Waals surface area contributed by atoms with Gasteiger partial charge in [-0.1, -0.05) is 0 Å². The topological polar surface area (TPSA) is 3.24 Å². The van der Waals surface area contributed by atoms with E-state index in [1.165, 1.54) is 21.3 Å². The van der Waals surface area contributed by atoms with E-state index in [2.05, 4.69) is 19.0 Å². The molecule has 0 saturated heterocycles. The normalized spacial score (nSPS) is 20.7. The van der Waals surface area contributed by atoms with Crippen LogP contribution in [0.25, 0.3) is 0 Å². The van der Waals surface area contributed by atoms with Gasteiger partial charge in [-0.05, 0) is 0 Å². The average molecular weight is 246 g/mol. The zero-order valence-electron chi connectivity index (χ0n) is 7.06. The molecule has 0 N–H and O–H groups in total. The van der Waals surface area contributed by atoms with Crippen molar-refractivity contribution in [2.75, 3.05) is 18.7 Å². The minimum absolute atomic E-state index is 0.00694. The summed E-state index contributed by atoms with van der Waals surface area (Å²) in [5, 5.41) is 0. The Balaban J connectivity index is 2.01. The zero-order valence-corrected chi connectivity index (χ0v) is 9.91. The van der Waals surface area contributed by atoms with E-state index in [9.17, 15) is 0 Å². The number of hydrogen-bond donors (Lipinski definition) is 0. The maximum absolute atomic E-state index is 2.37. The van der Waals surface area contributed by atoms with Crippen molar-refractivity contribution in [2.45, 2.75) is 29.6 Å². The minimum atomic E-state index is 0.00694. The van der Waals surface area contributed by atoms with Gasteiger partial charge >= 0.3 is 74.3 Å². The SMILES string of the molecule is CN(C)[CH2][Sn][CH]1CCCC1. The van der Waals surface area contributed by atoms with E-state index in [4.69, 9.17) is 0 Å². The zero-order chi connectivity index (χ0) is 7.40. The molecule has 0 aromatic carbocycles. The van der Waals surface area contributed by atoms with Crippen LogP contribution < -0.4 is 0 Å². The first-order valence-electron chi connectivity index (χ1n) is 4.17. The quantitative estimate of drug-likeness (QED) is 0.683. The summed E-state index contributed by atoms with van der Waals surface area (Å²) in [5.41, 5.74) is 0. The molecule has 1 nitrogen and oxygen atoms in total. The van der Waals surface area contributed by atoms with Gasteiger partial charge in [0.05, 0.1) is 0 Å². The Morgan fingerprint density at radius 3 is 2.40 bits per heavy atom. The Morgan fingerprint density at radius 1 is 1.30 bits per heavy atom. The Bertz CT molecular complexity index is 87.3. The molecule has 0 unspecified atom stereocenters. The molecule has 2 heteroatoms. The van der Waals surface area contributed by atoms with Crippen LogP contribution in [0.4, 0.5) is 0 Å². The van der Waals surface area contributed by atoms with Crippen molar-refractivity contribution in [2.24, 2.45) is 0 Å². The van der Waals surface area contributed by atoms with Gasteiger partial charge in [0.1, 0.15) is 0 Å². The molecule has 10 heavy (non-hydrogen) atoms. The third kappa shape index (κ3) is 3.24. The van der Waals surface area contributed by atoms with E-state index in [1.807, 2.05) is 0 Å². The van der Waals surface area contributed by atoms with Gasteiger partial charge in [-0.3, -0.25) is 0 Å². The average Bonchev–Trinajstić information content (AvgIpc) is 2.34. The fourth-order valence-corrected chi connectivity index (χ4v) is 5.55. The molecule has 0 atom stereocenters. The van der Waals surface area contributed by atoms with Crippen molar-refractivity contribution < 1.29 is 0 Å². The van der Waals surface area contributed by atoms with Crippen molar-refractivity contribution in [1.82, 2.24) is 4.90 Å². The molecule has 2 radical (unpaired) electrons. The fraction of sp³-hybridized carbons (Fsp3) is 1.00. The van der Waals surface area contributed by atoms with E-state index in [-0.39, 0.29) is 21.1 Å². The molecule has 1 aliphatic carbocycles. The summed E-state index contributed by atoms with van der Waals surface area (Å²) >= 11 is 0.00694. The third-order valence-electron chi connectivity index (χ3n) is 2.05. The molecule has 0 heterocycles. The summed E-state index contributed by atoms with van der Waals surface area (Å²) < 4.78 is 2.68. The predicted octanol–water partition coefficient (Wildman–Crippen LogP) is 1.57. The first kappa shape index (κ1) is 8.85. The molecule has 1 aliphatic rings. The second kappa shape index (κ2) is 4.60. The second-order valence-corrected chi connectivity index (χ2v) is 7.82. The molecule has 0 spiro atoms. The van der Waals surface area contributed by atoms with Gasteiger partial charge in [0.25, 0.3) is 0 Å². The molecule has 0 aromatic heterocycles. The van der Waals surface area contributed by atoms with Gasteiger partial charge in [-0.25, -0.2) is 0 Å². The van der Waals surface area contributed by atoms with E-state index in [0.717, 1.165) is 0 Å². The predicted molar refractivity (Wildman–Crippen MR) is 46.5 cm³/mol.